The van der Waals surface area contributed by atoms with E-state index in [4.69, 9.17) is 11.6 Å². The molecule has 28 heavy (non-hydrogen) atoms. The maximum absolute atomic E-state index is 13.2. The summed E-state index contributed by atoms with van der Waals surface area (Å²) in [6, 6.07) is 10.7. The molecule has 0 aliphatic carbocycles. The number of rotatable bonds is 3. The predicted octanol–water partition coefficient (Wildman–Crippen LogP) is 3.22. The first-order valence-electron chi connectivity index (χ1n) is 8.39. The highest BCUT2D eigenvalue weighted by Crippen LogP contribution is 2.22. The minimum absolute atomic E-state index is 0.294. The second-order valence-electron chi connectivity index (χ2n) is 5.98. The molecule has 136 valence electrons. The summed E-state index contributed by atoms with van der Waals surface area (Å²) in [5.74, 6) is 0.780. The van der Waals surface area contributed by atoms with Crippen molar-refractivity contribution in [2.75, 3.05) is 5.32 Å². The van der Waals surface area contributed by atoms with E-state index in [0.29, 0.717) is 33.5 Å². The molecule has 1 aromatic carbocycles. The molecule has 0 saturated carbocycles. The average molecular weight is 390 g/mol. The maximum atomic E-state index is 13.2. The van der Waals surface area contributed by atoms with Gasteiger partial charge in [0.2, 0.25) is 11.7 Å². The van der Waals surface area contributed by atoms with Gasteiger partial charge in [-0.3, -0.25) is 14.2 Å². The Bertz CT molecular complexity index is 1380. The van der Waals surface area contributed by atoms with E-state index >= 15 is 0 Å². The second kappa shape index (κ2) is 6.43. The quantitative estimate of drug-likeness (QED) is 0.509. The molecule has 0 unspecified atom stereocenters. The summed E-state index contributed by atoms with van der Waals surface area (Å²) in [6.07, 6.45) is 8.19. The van der Waals surface area contributed by atoms with Crippen LogP contribution in [0.25, 0.3) is 22.5 Å². The molecule has 8 nitrogen and oxygen atoms in total. The van der Waals surface area contributed by atoms with Crippen LogP contribution in [0.4, 0.5) is 11.6 Å². The third-order valence-corrected chi connectivity index (χ3v) is 4.60. The standard InChI is InChI=1S/C19H12ClN7O/c20-14-3-1-2-4-15(14)27-17(28)13-11-23-18(24-12-5-7-21-8-6-12)25-16(13)26-10-9-22-19(26)27/h1-11H,(H,21,23,24,25). The molecular formula is C19H12ClN7O. The topological polar surface area (TPSA) is 90.0 Å². The zero-order valence-electron chi connectivity index (χ0n) is 14.3. The first-order valence-corrected chi connectivity index (χ1v) is 8.77. The van der Waals surface area contributed by atoms with Crippen LogP contribution >= 0.6 is 11.6 Å². The summed E-state index contributed by atoms with van der Waals surface area (Å²) in [4.78, 5) is 30.3. The molecule has 4 heterocycles. The first kappa shape index (κ1) is 16.4. The maximum Gasteiger partial charge on any atom is 0.270 e. The van der Waals surface area contributed by atoms with Gasteiger partial charge >= 0.3 is 0 Å². The summed E-state index contributed by atoms with van der Waals surface area (Å²) >= 11 is 6.32. The van der Waals surface area contributed by atoms with Gasteiger partial charge in [-0.25, -0.2) is 14.5 Å². The SMILES string of the molecule is O=c1c2cnc(Nc3ccncc3)nc2n2ccnc2n1-c1ccccc1Cl. The van der Waals surface area contributed by atoms with Crippen LogP contribution in [-0.4, -0.2) is 28.9 Å². The van der Waals surface area contributed by atoms with Gasteiger partial charge in [-0.2, -0.15) is 4.98 Å². The Hall–Kier alpha value is -3.78. The Kier molecular flexibility index (Phi) is 3.77. The normalized spacial score (nSPS) is 11.2. The van der Waals surface area contributed by atoms with Crippen LogP contribution in [0.15, 0.2) is 72.2 Å². The first-order chi connectivity index (χ1) is 13.7. The van der Waals surface area contributed by atoms with E-state index in [1.807, 2.05) is 6.07 Å². The predicted molar refractivity (Wildman–Crippen MR) is 106 cm³/mol. The van der Waals surface area contributed by atoms with Gasteiger partial charge in [-0.05, 0) is 24.3 Å². The lowest BCUT2D eigenvalue weighted by Gasteiger charge is -2.12. The summed E-state index contributed by atoms with van der Waals surface area (Å²) in [5, 5.41) is 3.90. The van der Waals surface area contributed by atoms with Crippen molar-refractivity contribution in [1.82, 2.24) is 28.9 Å². The van der Waals surface area contributed by atoms with Crippen LogP contribution in [0.1, 0.15) is 0 Å². The zero-order valence-corrected chi connectivity index (χ0v) is 15.1. The summed E-state index contributed by atoms with van der Waals surface area (Å²) in [7, 11) is 0. The molecule has 0 aliphatic rings. The van der Waals surface area contributed by atoms with Gasteiger partial charge in [-0.1, -0.05) is 23.7 Å². The van der Waals surface area contributed by atoms with Gasteiger partial charge in [0.15, 0.2) is 5.65 Å². The van der Waals surface area contributed by atoms with E-state index in [-0.39, 0.29) is 5.56 Å². The Morgan fingerprint density at radius 3 is 2.64 bits per heavy atom. The lowest BCUT2D eigenvalue weighted by molar-refractivity contribution is 0.961. The van der Waals surface area contributed by atoms with E-state index in [2.05, 4.69) is 25.3 Å². The summed E-state index contributed by atoms with van der Waals surface area (Å²) in [6.45, 7) is 0. The number of benzene rings is 1. The fourth-order valence-corrected chi connectivity index (χ4v) is 3.24. The molecule has 1 N–H and O–H groups in total. The van der Waals surface area contributed by atoms with Gasteiger partial charge in [0.1, 0.15) is 5.39 Å². The fraction of sp³-hybridized carbons (Fsp3) is 0. The third kappa shape index (κ3) is 2.58. The molecule has 5 rings (SSSR count). The number of fused-ring (bicyclic) bond motifs is 3. The van der Waals surface area contributed by atoms with Crippen molar-refractivity contribution in [2.24, 2.45) is 0 Å². The van der Waals surface area contributed by atoms with Crippen LogP contribution in [-0.2, 0) is 0 Å². The number of imidazole rings is 1. The van der Waals surface area contributed by atoms with E-state index in [1.54, 1.807) is 59.5 Å². The number of aromatic nitrogens is 6. The van der Waals surface area contributed by atoms with Crippen molar-refractivity contribution in [2.45, 2.75) is 0 Å². The smallest absolute Gasteiger partial charge is 0.270 e. The molecule has 0 bridgehead atoms. The summed E-state index contributed by atoms with van der Waals surface area (Å²) in [5.41, 5.74) is 1.50. The van der Waals surface area contributed by atoms with Crippen LogP contribution in [0.5, 0.6) is 0 Å². The minimum atomic E-state index is -0.294. The number of hydrogen-bond acceptors (Lipinski definition) is 6. The monoisotopic (exact) mass is 389 g/mol. The molecule has 9 heteroatoms. The number of hydrogen-bond donors (Lipinski definition) is 1. The highest BCUT2D eigenvalue weighted by Gasteiger charge is 2.16. The van der Waals surface area contributed by atoms with Gasteiger partial charge in [-0.15, -0.1) is 0 Å². The third-order valence-electron chi connectivity index (χ3n) is 4.28. The molecule has 4 aromatic heterocycles. The lowest BCUT2D eigenvalue weighted by atomic mass is 10.3. The Morgan fingerprint density at radius 2 is 1.82 bits per heavy atom. The van der Waals surface area contributed by atoms with Crippen molar-refractivity contribution < 1.29 is 0 Å². The number of pyridine rings is 1. The van der Waals surface area contributed by atoms with E-state index in [1.165, 1.54) is 10.8 Å². The largest absolute Gasteiger partial charge is 0.324 e. The highest BCUT2D eigenvalue weighted by molar-refractivity contribution is 6.32. The van der Waals surface area contributed by atoms with Gasteiger partial charge in [0.25, 0.3) is 5.56 Å². The fourth-order valence-electron chi connectivity index (χ4n) is 3.02. The Balaban J connectivity index is 1.76. The molecule has 0 aliphatic heterocycles. The van der Waals surface area contributed by atoms with Crippen LogP contribution < -0.4 is 10.9 Å². The molecule has 0 fully saturated rings. The Labute approximate surface area is 163 Å². The van der Waals surface area contributed by atoms with Crippen LogP contribution in [0, 0.1) is 0 Å². The van der Waals surface area contributed by atoms with Crippen molar-refractivity contribution >= 4 is 40.0 Å². The molecule has 5 aromatic rings. The average Bonchev–Trinajstić information content (AvgIpc) is 3.20. The Morgan fingerprint density at radius 1 is 1.00 bits per heavy atom. The van der Waals surface area contributed by atoms with Gasteiger partial charge in [0.05, 0.1) is 10.7 Å². The molecule has 0 amide bonds. The molecule has 0 spiro atoms. The number of anilines is 2. The van der Waals surface area contributed by atoms with Crippen molar-refractivity contribution in [3.63, 3.8) is 0 Å². The second-order valence-corrected chi connectivity index (χ2v) is 6.39. The van der Waals surface area contributed by atoms with Gasteiger partial charge in [0, 0.05) is 36.7 Å². The van der Waals surface area contributed by atoms with Crippen molar-refractivity contribution in [3.8, 4) is 5.69 Å². The minimum Gasteiger partial charge on any atom is -0.324 e. The van der Waals surface area contributed by atoms with E-state index in [9.17, 15) is 4.79 Å². The zero-order chi connectivity index (χ0) is 19.1. The van der Waals surface area contributed by atoms with Crippen molar-refractivity contribution in [3.05, 3.63) is 82.8 Å². The lowest BCUT2D eigenvalue weighted by Crippen LogP contribution is -2.22. The van der Waals surface area contributed by atoms with Crippen LogP contribution in [0.3, 0.4) is 0 Å². The van der Waals surface area contributed by atoms with E-state index in [0.717, 1.165) is 5.69 Å². The number of halogens is 1. The molecule has 0 saturated heterocycles. The van der Waals surface area contributed by atoms with Crippen LogP contribution in [0.2, 0.25) is 5.02 Å². The van der Waals surface area contributed by atoms with Gasteiger partial charge < -0.3 is 5.32 Å². The molecule has 0 atom stereocenters. The highest BCUT2D eigenvalue weighted by atomic mass is 35.5. The number of nitrogens with zero attached hydrogens (tertiary/aromatic N) is 6. The number of nitrogens with one attached hydrogen (secondary N) is 1. The molecular weight excluding hydrogens is 378 g/mol. The van der Waals surface area contributed by atoms with E-state index < -0.39 is 0 Å². The summed E-state index contributed by atoms with van der Waals surface area (Å²) < 4.78 is 3.20. The van der Waals surface area contributed by atoms with Crippen molar-refractivity contribution in [1.29, 1.82) is 0 Å². The molecule has 0 radical (unpaired) electrons. The number of para-hydroxylation sites is 1.